The van der Waals surface area contributed by atoms with Gasteiger partial charge in [-0.3, -0.25) is 0 Å². The van der Waals surface area contributed by atoms with Crippen LogP contribution in [0.5, 0.6) is 5.75 Å². The molecular weight excluding hydrogens is 217 g/mol. The van der Waals surface area contributed by atoms with E-state index in [9.17, 15) is 9.50 Å². The van der Waals surface area contributed by atoms with E-state index in [1.807, 2.05) is 12.1 Å². The zero-order chi connectivity index (χ0) is 12.3. The van der Waals surface area contributed by atoms with Gasteiger partial charge in [0, 0.05) is 0 Å². The van der Waals surface area contributed by atoms with Crippen molar-refractivity contribution in [1.82, 2.24) is 0 Å². The van der Waals surface area contributed by atoms with E-state index in [-0.39, 0.29) is 11.6 Å². The van der Waals surface area contributed by atoms with Gasteiger partial charge in [-0.25, -0.2) is 4.39 Å². The standard InChI is InChI=1S/C14H14FNO/c15-13-3-1-2-10(9-13)11-4-5-14(17)12(8-11)6-7-16/h1-5,8-9,17H,6-7,16H2. The van der Waals surface area contributed by atoms with Gasteiger partial charge in [0.1, 0.15) is 11.6 Å². The highest BCUT2D eigenvalue weighted by molar-refractivity contribution is 5.65. The molecule has 2 aromatic rings. The Balaban J connectivity index is 2.42. The van der Waals surface area contributed by atoms with Crippen LogP contribution in [0.1, 0.15) is 5.56 Å². The molecule has 2 aromatic carbocycles. The average Bonchev–Trinajstić information content (AvgIpc) is 2.32. The monoisotopic (exact) mass is 231 g/mol. The van der Waals surface area contributed by atoms with Gasteiger partial charge in [-0.15, -0.1) is 0 Å². The van der Waals surface area contributed by atoms with Crippen molar-refractivity contribution in [3.05, 3.63) is 53.8 Å². The summed E-state index contributed by atoms with van der Waals surface area (Å²) in [5, 5.41) is 9.64. The molecular formula is C14H14FNO. The van der Waals surface area contributed by atoms with Gasteiger partial charge in [-0.1, -0.05) is 18.2 Å². The normalized spacial score (nSPS) is 10.5. The fraction of sp³-hybridized carbons (Fsp3) is 0.143. The predicted octanol–water partition coefficient (Wildman–Crippen LogP) is 2.70. The van der Waals surface area contributed by atoms with Crippen LogP contribution in [0, 0.1) is 5.82 Å². The molecule has 0 bridgehead atoms. The zero-order valence-corrected chi connectivity index (χ0v) is 9.36. The molecule has 0 radical (unpaired) electrons. The highest BCUT2D eigenvalue weighted by Crippen LogP contribution is 2.26. The second-order valence-electron chi connectivity index (χ2n) is 3.89. The van der Waals surface area contributed by atoms with Crippen molar-refractivity contribution in [3.8, 4) is 16.9 Å². The topological polar surface area (TPSA) is 46.2 Å². The van der Waals surface area contributed by atoms with Gasteiger partial charge < -0.3 is 10.8 Å². The van der Waals surface area contributed by atoms with Gasteiger partial charge in [0.15, 0.2) is 0 Å². The van der Waals surface area contributed by atoms with Crippen LogP contribution in [0.25, 0.3) is 11.1 Å². The SMILES string of the molecule is NCCc1cc(-c2cccc(F)c2)ccc1O. The van der Waals surface area contributed by atoms with E-state index in [2.05, 4.69) is 0 Å². The maximum absolute atomic E-state index is 13.1. The fourth-order valence-electron chi connectivity index (χ4n) is 1.79. The first kappa shape index (κ1) is 11.6. The number of nitrogens with two attached hydrogens (primary N) is 1. The van der Waals surface area contributed by atoms with Gasteiger partial charge in [0.05, 0.1) is 0 Å². The summed E-state index contributed by atoms with van der Waals surface area (Å²) < 4.78 is 13.1. The summed E-state index contributed by atoms with van der Waals surface area (Å²) in [6.07, 6.45) is 0.606. The third kappa shape index (κ3) is 2.63. The summed E-state index contributed by atoms with van der Waals surface area (Å²) in [6, 6.07) is 11.6. The van der Waals surface area contributed by atoms with Crippen molar-refractivity contribution < 1.29 is 9.50 Å². The maximum Gasteiger partial charge on any atom is 0.123 e. The Bertz CT molecular complexity index is 525. The molecule has 0 saturated carbocycles. The summed E-state index contributed by atoms with van der Waals surface area (Å²) in [5.41, 5.74) is 7.93. The first-order valence-corrected chi connectivity index (χ1v) is 5.48. The van der Waals surface area contributed by atoms with Crippen molar-refractivity contribution in [2.75, 3.05) is 6.54 Å². The van der Waals surface area contributed by atoms with E-state index in [0.717, 1.165) is 16.7 Å². The fourth-order valence-corrected chi connectivity index (χ4v) is 1.79. The molecule has 0 aliphatic heterocycles. The largest absolute Gasteiger partial charge is 0.508 e. The second-order valence-corrected chi connectivity index (χ2v) is 3.89. The zero-order valence-electron chi connectivity index (χ0n) is 9.36. The number of rotatable bonds is 3. The van der Waals surface area contributed by atoms with E-state index in [4.69, 9.17) is 5.73 Å². The molecule has 0 saturated heterocycles. The average molecular weight is 231 g/mol. The lowest BCUT2D eigenvalue weighted by molar-refractivity contribution is 0.468. The molecule has 0 heterocycles. The molecule has 0 aliphatic rings. The number of hydrogen-bond acceptors (Lipinski definition) is 2. The smallest absolute Gasteiger partial charge is 0.123 e. The van der Waals surface area contributed by atoms with Crippen LogP contribution >= 0.6 is 0 Å². The lowest BCUT2D eigenvalue weighted by Gasteiger charge is -2.07. The van der Waals surface area contributed by atoms with Gasteiger partial charge in [0.2, 0.25) is 0 Å². The van der Waals surface area contributed by atoms with Crippen molar-refractivity contribution in [1.29, 1.82) is 0 Å². The van der Waals surface area contributed by atoms with Crippen molar-refractivity contribution in [2.24, 2.45) is 5.73 Å². The Hall–Kier alpha value is -1.87. The number of hydrogen-bond donors (Lipinski definition) is 2. The molecule has 3 N–H and O–H groups in total. The molecule has 3 heteroatoms. The van der Waals surface area contributed by atoms with Crippen molar-refractivity contribution >= 4 is 0 Å². The third-order valence-electron chi connectivity index (χ3n) is 2.65. The second kappa shape index (κ2) is 4.97. The van der Waals surface area contributed by atoms with Crippen LogP contribution in [0.15, 0.2) is 42.5 Å². The van der Waals surface area contributed by atoms with Gasteiger partial charge >= 0.3 is 0 Å². The van der Waals surface area contributed by atoms with Crippen molar-refractivity contribution in [3.63, 3.8) is 0 Å². The molecule has 2 rings (SSSR count). The lowest BCUT2D eigenvalue weighted by atomic mass is 10.0. The molecule has 0 fully saturated rings. The third-order valence-corrected chi connectivity index (χ3v) is 2.65. The van der Waals surface area contributed by atoms with Crippen LogP contribution in [0.3, 0.4) is 0 Å². The molecule has 2 nitrogen and oxygen atoms in total. The first-order chi connectivity index (χ1) is 8.20. The van der Waals surface area contributed by atoms with Crippen LogP contribution in [-0.2, 0) is 6.42 Å². The number of phenols is 1. The molecule has 0 aliphatic carbocycles. The van der Waals surface area contributed by atoms with Crippen molar-refractivity contribution in [2.45, 2.75) is 6.42 Å². The number of halogens is 1. The Kier molecular flexibility index (Phi) is 3.40. The lowest BCUT2D eigenvalue weighted by Crippen LogP contribution is -2.02. The highest BCUT2D eigenvalue weighted by Gasteiger charge is 2.04. The van der Waals surface area contributed by atoms with Crippen LogP contribution in [0.4, 0.5) is 4.39 Å². The van der Waals surface area contributed by atoms with E-state index >= 15 is 0 Å². The summed E-state index contributed by atoms with van der Waals surface area (Å²) in [4.78, 5) is 0. The maximum atomic E-state index is 13.1. The Morgan fingerprint density at radius 1 is 1.06 bits per heavy atom. The minimum atomic E-state index is -0.268. The van der Waals surface area contributed by atoms with E-state index in [1.54, 1.807) is 18.2 Å². The van der Waals surface area contributed by atoms with Gasteiger partial charge in [-0.05, 0) is 53.9 Å². The van der Waals surface area contributed by atoms with Crippen LogP contribution < -0.4 is 5.73 Å². The minimum absolute atomic E-state index is 0.232. The molecule has 0 amide bonds. The van der Waals surface area contributed by atoms with Crippen LogP contribution in [0.2, 0.25) is 0 Å². The van der Waals surface area contributed by atoms with E-state index in [0.29, 0.717) is 13.0 Å². The highest BCUT2D eigenvalue weighted by atomic mass is 19.1. The summed E-state index contributed by atoms with van der Waals surface area (Å²) in [5.74, 6) is -0.0356. The minimum Gasteiger partial charge on any atom is -0.508 e. The van der Waals surface area contributed by atoms with Crippen LogP contribution in [-0.4, -0.2) is 11.7 Å². The van der Waals surface area contributed by atoms with E-state index in [1.165, 1.54) is 12.1 Å². The first-order valence-electron chi connectivity index (χ1n) is 5.48. The molecule has 17 heavy (non-hydrogen) atoms. The molecule has 0 atom stereocenters. The molecule has 0 aromatic heterocycles. The van der Waals surface area contributed by atoms with E-state index < -0.39 is 0 Å². The molecule has 88 valence electrons. The number of aromatic hydroxyl groups is 1. The Morgan fingerprint density at radius 3 is 2.53 bits per heavy atom. The summed E-state index contributed by atoms with van der Waals surface area (Å²) in [6.45, 7) is 0.472. The molecule has 0 spiro atoms. The van der Waals surface area contributed by atoms with Gasteiger partial charge in [0.25, 0.3) is 0 Å². The summed E-state index contributed by atoms with van der Waals surface area (Å²) >= 11 is 0. The number of benzene rings is 2. The summed E-state index contributed by atoms with van der Waals surface area (Å²) in [7, 11) is 0. The quantitative estimate of drug-likeness (QED) is 0.853. The molecule has 0 unspecified atom stereocenters. The predicted molar refractivity (Wildman–Crippen MR) is 66.3 cm³/mol. The van der Waals surface area contributed by atoms with Gasteiger partial charge in [-0.2, -0.15) is 0 Å². The Morgan fingerprint density at radius 2 is 1.82 bits per heavy atom. The Labute approximate surface area is 99.5 Å². The number of phenolic OH excluding ortho intramolecular Hbond substituents is 1.